The fourth-order valence-electron chi connectivity index (χ4n) is 3.49. The Bertz CT molecular complexity index is 654. The maximum atomic E-state index is 11.7. The van der Waals surface area contributed by atoms with E-state index < -0.39 is 0 Å². The molecule has 0 saturated heterocycles. The average Bonchev–Trinajstić information content (AvgIpc) is 2.49. The van der Waals surface area contributed by atoms with E-state index in [0.29, 0.717) is 0 Å². The summed E-state index contributed by atoms with van der Waals surface area (Å²) in [5, 5.41) is 0. The highest BCUT2D eigenvalue weighted by Crippen LogP contribution is 2.41. The van der Waals surface area contributed by atoms with Gasteiger partial charge in [-0.05, 0) is 49.3 Å². The van der Waals surface area contributed by atoms with Crippen molar-refractivity contribution in [2.24, 2.45) is 13.0 Å². The molecule has 0 fully saturated rings. The van der Waals surface area contributed by atoms with Crippen molar-refractivity contribution in [1.82, 2.24) is 4.57 Å². The van der Waals surface area contributed by atoms with Gasteiger partial charge in [0.05, 0.1) is 13.0 Å². The van der Waals surface area contributed by atoms with Gasteiger partial charge >= 0.3 is 5.97 Å². The number of pyridine rings is 1. The van der Waals surface area contributed by atoms with E-state index in [1.54, 1.807) is 10.6 Å². The standard InChI is InChI=1S/C16H19NO3/c1-17-14-7-4-10-9-11(16(19)20-2)3-5-12(10)13(14)6-8-15(17)18/h6,8,11H,3-5,7,9H2,1-2H3. The van der Waals surface area contributed by atoms with Gasteiger partial charge in [0.2, 0.25) is 5.56 Å². The summed E-state index contributed by atoms with van der Waals surface area (Å²) in [7, 11) is 3.30. The first-order chi connectivity index (χ1) is 9.61. The lowest BCUT2D eigenvalue weighted by molar-refractivity contribution is -0.145. The maximum absolute atomic E-state index is 11.7. The van der Waals surface area contributed by atoms with Crippen molar-refractivity contribution in [3.05, 3.63) is 39.3 Å². The topological polar surface area (TPSA) is 48.3 Å². The van der Waals surface area contributed by atoms with Crippen molar-refractivity contribution >= 4 is 11.5 Å². The first-order valence-electron chi connectivity index (χ1n) is 7.10. The molecule has 0 aliphatic heterocycles. The van der Waals surface area contributed by atoms with E-state index in [-0.39, 0.29) is 17.4 Å². The van der Waals surface area contributed by atoms with Crippen LogP contribution in [0.15, 0.2) is 22.5 Å². The third-order valence-electron chi connectivity index (χ3n) is 4.62. The number of methoxy groups -OCH3 is 1. The molecule has 20 heavy (non-hydrogen) atoms. The lowest BCUT2D eigenvalue weighted by atomic mass is 9.76. The van der Waals surface area contributed by atoms with Crippen LogP contribution in [0.25, 0.3) is 5.57 Å². The van der Waals surface area contributed by atoms with Gasteiger partial charge in [-0.25, -0.2) is 0 Å². The van der Waals surface area contributed by atoms with Crippen LogP contribution in [-0.4, -0.2) is 17.6 Å². The van der Waals surface area contributed by atoms with E-state index in [2.05, 4.69) is 0 Å². The molecule has 1 aromatic heterocycles. The summed E-state index contributed by atoms with van der Waals surface area (Å²) >= 11 is 0. The second-order valence-corrected chi connectivity index (χ2v) is 5.64. The zero-order chi connectivity index (χ0) is 14.3. The zero-order valence-electron chi connectivity index (χ0n) is 11.9. The molecule has 0 spiro atoms. The highest BCUT2D eigenvalue weighted by Gasteiger charge is 2.30. The average molecular weight is 273 g/mol. The molecule has 0 saturated carbocycles. The Kier molecular flexibility index (Phi) is 3.24. The van der Waals surface area contributed by atoms with Gasteiger partial charge in [0, 0.05) is 18.8 Å². The molecular formula is C16H19NO3. The van der Waals surface area contributed by atoms with E-state index in [9.17, 15) is 9.59 Å². The summed E-state index contributed by atoms with van der Waals surface area (Å²) in [5.74, 6) is -0.0874. The molecule has 106 valence electrons. The van der Waals surface area contributed by atoms with Crippen molar-refractivity contribution in [3.8, 4) is 0 Å². The van der Waals surface area contributed by atoms with Crippen molar-refractivity contribution in [3.63, 3.8) is 0 Å². The number of fused-ring (bicyclic) bond motifs is 2. The number of allylic oxidation sites excluding steroid dienone is 2. The molecule has 0 radical (unpaired) electrons. The number of carbonyl (C=O) groups is 1. The molecule has 4 nitrogen and oxygen atoms in total. The summed E-state index contributed by atoms with van der Waals surface area (Å²) in [6.07, 6.45) is 4.39. The Labute approximate surface area is 118 Å². The minimum absolute atomic E-state index is 0.00725. The molecule has 4 heteroatoms. The fourth-order valence-corrected chi connectivity index (χ4v) is 3.49. The van der Waals surface area contributed by atoms with Gasteiger partial charge in [-0.2, -0.15) is 0 Å². The summed E-state index contributed by atoms with van der Waals surface area (Å²) in [4.78, 5) is 23.4. The normalized spacial score (nSPS) is 21.2. The first-order valence-corrected chi connectivity index (χ1v) is 7.10. The van der Waals surface area contributed by atoms with Crippen molar-refractivity contribution in [2.75, 3.05) is 7.11 Å². The first kappa shape index (κ1) is 13.2. The van der Waals surface area contributed by atoms with Crippen LogP contribution < -0.4 is 5.56 Å². The lowest BCUT2D eigenvalue weighted by Gasteiger charge is -2.31. The zero-order valence-corrected chi connectivity index (χ0v) is 11.9. The van der Waals surface area contributed by atoms with Crippen molar-refractivity contribution in [2.45, 2.75) is 32.1 Å². The number of hydrogen-bond donors (Lipinski definition) is 0. The number of carbonyl (C=O) groups excluding carboxylic acids is 1. The SMILES string of the molecule is COC(=O)C1CCC2=C(CCc3c2ccc(=O)n3C)C1. The van der Waals surface area contributed by atoms with Gasteiger partial charge < -0.3 is 9.30 Å². The molecule has 1 aromatic rings. The number of aromatic nitrogens is 1. The smallest absolute Gasteiger partial charge is 0.308 e. The number of ether oxygens (including phenoxy) is 1. The monoisotopic (exact) mass is 273 g/mol. The second-order valence-electron chi connectivity index (χ2n) is 5.64. The molecule has 0 bridgehead atoms. The third-order valence-corrected chi connectivity index (χ3v) is 4.62. The van der Waals surface area contributed by atoms with Crippen molar-refractivity contribution < 1.29 is 9.53 Å². The number of nitrogens with zero attached hydrogens (tertiary/aromatic N) is 1. The predicted octanol–water partition coefficient (Wildman–Crippen LogP) is 2.06. The molecule has 2 aliphatic rings. The third kappa shape index (κ3) is 1.99. The van der Waals surface area contributed by atoms with Gasteiger partial charge in [0.15, 0.2) is 0 Å². The van der Waals surface area contributed by atoms with Crippen LogP contribution >= 0.6 is 0 Å². The van der Waals surface area contributed by atoms with Crippen LogP contribution in [0, 0.1) is 5.92 Å². The maximum Gasteiger partial charge on any atom is 0.308 e. The minimum Gasteiger partial charge on any atom is -0.469 e. The molecule has 0 amide bonds. The Morgan fingerprint density at radius 1 is 1.30 bits per heavy atom. The summed E-state index contributed by atoms with van der Waals surface area (Å²) < 4.78 is 6.62. The lowest BCUT2D eigenvalue weighted by Crippen LogP contribution is -2.26. The largest absolute Gasteiger partial charge is 0.469 e. The highest BCUT2D eigenvalue weighted by atomic mass is 16.5. The van der Waals surface area contributed by atoms with Crippen LogP contribution in [0.3, 0.4) is 0 Å². The van der Waals surface area contributed by atoms with E-state index in [1.807, 2.05) is 13.1 Å². The van der Waals surface area contributed by atoms with Gasteiger partial charge in [-0.1, -0.05) is 5.57 Å². The molecule has 0 N–H and O–H groups in total. The van der Waals surface area contributed by atoms with Crippen LogP contribution in [0.2, 0.25) is 0 Å². The number of esters is 1. The summed E-state index contributed by atoms with van der Waals surface area (Å²) in [6.45, 7) is 0. The molecule has 0 aromatic carbocycles. The van der Waals surface area contributed by atoms with Gasteiger partial charge in [0.1, 0.15) is 0 Å². The van der Waals surface area contributed by atoms with Crippen LogP contribution in [0.1, 0.15) is 36.9 Å². The van der Waals surface area contributed by atoms with Gasteiger partial charge in [-0.3, -0.25) is 9.59 Å². The molecule has 1 unspecified atom stereocenters. The highest BCUT2D eigenvalue weighted by molar-refractivity contribution is 5.78. The molecule has 1 heterocycles. The molecule has 3 rings (SSSR count). The Hall–Kier alpha value is -1.84. The van der Waals surface area contributed by atoms with E-state index in [4.69, 9.17) is 4.74 Å². The number of rotatable bonds is 1. The van der Waals surface area contributed by atoms with E-state index >= 15 is 0 Å². The minimum atomic E-state index is -0.0946. The second kappa shape index (κ2) is 4.93. The Morgan fingerprint density at radius 2 is 2.10 bits per heavy atom. The molecular weight excluding hydrogens is 254 g/mol. The quantitative estimate of drug-likeness (QED) is 0.736. The van der Waals surface area contributed by atoms with Crippen LogP contribution in [0.4, 0.5) is 0 Å². The van der Waals surface area contributed by atoms with Gasteiger partial charge in [-0.15, -0.1) is 0 Å². The number of hydrogen-bond acceptors (Lipinski definition) is 3. The predicted molar refractivity (Wildman–Crippen MR) is 76.3 cm³/mol. The summed E-state index contributed by atoms with van der Waals surface area (Å²) in [6, 6.07) is 3.59. The van der Waals surface area contributed by atoms with Crippen LogP contribution in [0.5, 0.6) is 0 Å². The molecule has 2 aliphatic carbocycles. The van der Waals surface area contributed by atoms with Crippen molar-refractivity contribution in [1.29, 1.82) is 0 Å². The van der Waals surface area contributed by atoms with E-state index in [0.717, 1.165) is 37.8 Å². The fraction of sp³-hybridized carbons (Fsp3) is 0.500. The van der Waals surface area contributed by atoms with Crippen LogP contribution in [-0.2, 0) is 23.0 Å². The Balaban J connectivity index is 1.99. The van der Waals surface area contributed by atoms with E-state index in [1.165, 1.54) is 23.8 Å². The Morgan fingerprint density at radius 3 is 2.85 bits per heavy atom. The summed E-state index contributed by atoms with van der Waals surface area (Å²) in [5.41, 5.74) is 5.11. The molecule has 1 atom stereocenters. The van der Waals surface area contributed by atoms with Gasteiger partial charge in [0.25, 0.3) is 0 Å².